The monoisotopic (exact) mass is 465 g/mol. The predicted octanol–water partition coefficient (Wildman–Crippen LogP) is 7.28. The number of hydrogen-bond acceptors (Lipinski definition) is 5. The first-order valence-corrected chi connectivity index (χ1v) is 12.6. The number of benzene rings is 1. The summed E-state index contributed by atoms with van der Waals surface area (Å²) in [5.41, 5.74) is 8.38. The Balaban J connectivity index is 1.42. The third-order valence-electron chi connectivity index (χ3n) is 6.23. The highest BCUT2D eigenvalue weighted by Crippen LogP contribution is 2.49. The lowest BCUT2D eigenvalue weighted by Gasteiger charge is -2.11. The van der Waals surface area contributed by atoms with Gasteiger partial charge in [0.2, 0.25) is 0 Å². The SMILES string of the molecule is CN(C)c1ccc(/C=C/c2cc3c(s2)/C(=C2/CCc4cc(C=C(C#N)C#N)sc42)CC3)cc1. The van der Waals surface area contributed by atoms with E-state index in [4.69, 9.17) is 10.5 Å². The third-order valence-corrected chi connectivity index (χ3v) is 8.62. The van der Waals surface area contributed by atoms with Crippen molar-refractivity contribution in [1.82, 2.24) is 0 Å². The Kier molecular flexibility index (Phi) is 5.77. The molecule has 0 unspecified atom stereocenters. The van der Waals surface area contributed by atoms with Gasteiger partial charge in [-0.2, -0.15) is 10.5 Å². The largest absolute Gasteiger partial charge is 0.378 e. The summed E-state index contributed by atoms with van der Waals surface area (Å²) in [5.74, 6) is 0. The number of anilines is 1. The molecule has 0 N–H and O–H groups in total. The molecule has 0 atom stereocenters. The highest BCUT2D eigenvalue weighted by atomic mass is 32.1. The highest BCUT2D eigenvalue weighted by Gasteiger charge is 2.28. The summed E-state index contributed by atoms with van der Waals surface area (Å²) in [6.45, 7) is 0. The molecule has 0 saturated heterocycles. The van der Waals surface area contributed by atoms with Crippen LogP contribution < -0.4 is 4.90 Å². The minimum absolute atomic E-state index is 0.165. The Morgan fingerprint density at radius 1 is 0.818 bits per heavy atom. The van der Waals surface area contributed by atoms with E-state index < -0.39 is 0 Å². The summed E-state index contributed by atoms with van der Waals surface area (Å²) in [5, 5.41) is 18.1. The summed E-state index contributed by atoms with van der Waals surface area (Å²) < 4.78 is 0. The van der Waals surface area contributed by atoms with Gasteiger partial charge in [-0.05, 0) is 89.9 Å². The second-order valence-electron chi connectivity index (χ2n) is 8.56. The number of aryl methyl sites for hydroxylation is 2. The second kappa shape index (κ2) is 8.87. The van der Waals surface area contributed by atoms with Crippen molar-refractivity contribution in [2.45, 2.75) is 25.7 Å². The molecule has 5 heteroatoms. The van der Waals surface area contributed by atoms with Gasteiger partial charge in [0.25, 0.3) is 0 Å². The van der Waals surface area contributed by atoms with Crippen molar-refractivity contribution in [2.24, 2.45) is 0 Å². The molecule has 3 aromatic rings. The number of nitriles is 2. The Hall–Kier alpha value is -3.38. The lowest BCUT2D eigenvalue weighted by Crippen LogP contribution is -2.07. The van der Waals surface area contributed by atoms with E-state index in [9.17, 15) is 0 Å². The minimum Gasteiger partial charge on any atom is -0.378 e. The molecule has 0 radical (unpaired) electrons. The number of rotatable bonds is 4. The van der Waals surface area contributed by atoms with Gasteiger partial charge in [0, 0.05) is 39.3 Å². The van der Waals surface area contributed by atoms with Crippen LogP contribution in [0, 0.1) is 22.7 Å². The van der Waals surface area contributed by atoms with Crippen molar-refractivity contribution in [3.8, 4) is 12.1 Å². The summed E-state index contributed by atoms with van der Waals surface area (Å²) >= 11 is 3.62. The second-order valence-corrected chi connectivity index (χ2v) is 10.7. The zero-order chi connectivity index (χ0) is 22.9. The van der Waals surface area contributed by atoms with Gasteiger partial charge in [-0.15, -0.1) is 22.7 Å². The van der Waals surface area contributed by atoms with Crippen LogP contribution in [0.3, 0.4) is 0 Å². The number of allylic oxidation sites excluding steroid dienone is 3. The Labute approximate surface area is 202 Å². The van der Waals surface area contributed by atoms with Crippen LogP contribution in [-0.2, 0) is 12.8 Å². The Morgan fingerprint density at radius 2 is 1.39 bits per heavy atom. The number of nitrogens with zero attached hydrogens (tertiary/aromatic N) is 3. The first-order chi connectivity index (χ1) is 16.1. The first kappa shape index (κ1) is 21.5. The van der Waals surface area contributed by atoms with Crippen molar-refractivity contribution in [3.05, 3.63) is 78.2 Å². The van der Waals surface area contributed by atoms with Crippen LogP contribution >= 0.6 is 22.7 Å². The molecule has 2 aromatic heterocycles. The molecule has 1 aromatic carbocycles. The zero-order valence-electron chi connectivity index (χ0n) is 18.7. The van der Waals surface area contributed by atoms with E-state index in [1.807, 2.05) is 23.5 Å². The third kappa shape index (κ3) is 4.18. The van der Waals surface area contributed by atoms with Crippen LogP contribution in [0.4, 0.5) is 5.69 Å². The predicted molar refractivity (Wildman–Crippen MR) is 141 cm³/mol. The van der Waals surface area contributed by atoms with Crippen molar-refractivity contribution in [2.75, 3.05) is 19.0 Å². The van der Waals surface area contributed by atoms with Gasteiger partial charge in [0.1, 0.15) is 17.7 Å². The Bertz CT molecular complexity index is 1380. The number of hydrogen-bond donors (Lipinski definition) is 0. The van der Waals surface area contributed by atoms with E-state index in [-0.39, 0.29) is 5.57 Å². The van der Waals surface area contributed by atoms with Gasteiger partial charge in [-0.25, -0.2) is 0 Å². The standard InChI is InChI=1S/C28H23N3S2/c1-31(2)22-8-3-18(4-9-22)5-10-23-14-20-6-11-25(27(20)32-23)26-12-7-21-15-24(33-28(21)26)13-19(16-29)17-30/h3-5,8-10,13-15H,6-7,11-12H2,1-2H3/b10-5+,26-25-. The van der Waals surface area contributed by atoms with Crippen molar-refractivity contribution < 1.29 is 0 Å². The number of thiophene rings is 2. The molecule has 0 bridgehead atoms. The van der Waals surface area contributed by atoms with Gasteiger partial charge in [-0.3, -0.25) is 0 Å². The molecule has 2 heterocycles. The fraction of sp³-hybridized carbons (Fsp3) is 0.214. The number of fused-ring (bicyclic) bond motifs is 2. The maximum absolute atomic E-state index is 9.07. The van der Waals surface area contributed by atoms with Gasteiger partial charge in [0.05, 0.1) is 0 Å². The smallest absolute Gasteiger partial charge is 0.131 e. The summed E-state index contributed by atoms with van der Waals surface area (Å²) in [7, 11) is 4.11. The topological polar surface area (TPSA) is 50.8 Å². The summed E-state index contributed by atoms with van der Waals surface area (Å²) in [4.78, 5) is 7.21. The van der Waals surface area contributed by atoms with Gasteiger partial charge in [0.15, 0.2) is 0 Å². The van der Waals surface area contributed by atoms with Crippen LogP contribution in [0.2, 0.25) is 0 Å². The highest BCUT2D eigenvalue weighted by molar-refractivity contribution is 7.15. The molecule has 33 heavy (non-hydrogen) atoms. The molecule has 2 aliphatic carbocycles. The van der Waals surface area contributed by atoms with Crippen molar-refractivity contribution >= 4 is 57.7 Å². The molecule has 0 aliphatic heterocycles. The van der Waals surface area contributed by atoms with Gasteiger partial charge < -0.3 is 4.90 Å². The molecule has 3 nitrogen and oxygen atoms in total. The molecule has 0 saturated carbocycles. The van der Waals surface area contributed by atoms with Crippen LogP contribution in [0.25, 0.3) is 29.4 Å². The van der Waals surface area contributed by atoms with E-state index in [1.165, 1.54) is 48.2 Å². The Morgan fingerprint density at radius 3 is 1.97 bits per heavy atom. The molecule has 0 amide bonds. The first-order valence-electron chi connectivity index (χ1n) is 11.0. The summed E-state index contributed by atoms with van der Waals surface area (Å²) in [6, 6.07) is 17.1. The normalized spacial score (nSPS) is 16.4. The van der Waals surface area contributed by atoms with E-state index in [2.05, 4.69) is 67.5 Å². The van der Waals surface area contributed by atoms with E-state index in [1.54, 1.807) is 17.4 Å². The molecular formula is C28H23N3S2. The van der Waals surface area contributed by atoms with Crippen LogP contribution in [0.5, 0.6) is 0 Å². The van der Waals surface area contributed by atoms with Gasteiger partial charge >= 0.3 is 0 Å². The van der Waals surface area contributed by atoms with E-state index in [0.717, 1.165) is 30.6 Å². The van der Waals surface area contributed by atoms with Crippen molar-refractivity contribution in [3.63, 3.8) is 0 Å². The minimum atomic E-state index is 0.165. The van der Waals surface area contributed by atoms with E-state index in [0.29, 0.717) is 0 Å². The van der Waals surface area contributed by atoms with Gasteiger partial charge in [-0.1, -0.05) is 18.2 Å². The fourth-order valence-corrected chi connectivity index (χ4v) is 7.02. The molecule has 2 aliphatic rings. The average Bonchev–Trinajstić information content (AvgIpc) is 3.57. The molecule has 162 valence electrons. The molecule has 0 spiro atoms. The lowest BCUT2D eigenvalue weighted by molar-refractivity contribution is 1.06. The molecule has 5 rings (SSSR count). The average molecular weight is 466 g/mol. The quantitative estimate of drug-likeness (QED) is 0.380. The fourth-order valence-electron chi connectivity index (χ4n) is 4.55. The maximum atomic E-state index is 9.07. The molecule has 0 fully saturated rings. The summed E-state index contributed by atoms with van der Waals surface area (Å²) in [6.07, 6.45) is 10.5. The zero-order valence-corrected chi connectivity index (χ0v) is 20.3. The maximum Gasteiger partial charge on any atom is 0.131 e. The van der Waals surface area contributed by atoms with Crippen molar-refractivity contribution in [1.29, 1.82) is 10.5 Å². The lowest BCUT2D eigenvalue weighted by atomic mass is 10.1. The van der Waals surface area contributed by atoms with E-state index >= 15 is 0 Å². The van der Waals surface area contributed by atoms with Crippen LogP contribution in [-0.4, -0.2) is 14.1 Å². The molecular weight excluding hydrogens is 442 g/mol. The van der Waals surface area contributed by atoms with Crippen LogP contribution in [0.1, 0.15) is 49.0 Å². The van der Waals surface area contributed by atoms with Crippen LogP contribution in [0.15, 0.2) is 42.0 Å².